The van der Waals surface area contributed by atoms with Gasteiger partial charge in [-0.25, -0.2) is 9.78 Å². The van der Waals surface area contributed by atoms with Gasteiger partial charge in [0.1, 0.15) is 11.4 Å². The second kappa shape index (κ2) is 6.14. The second-order valence-electron chi connectivity index (χ2n) is 5.64. The number of aliphatic hydroxyl groups is 1. The summed E-state index contributed by atoms with van der Waals surface area (Å²) < 4.78 is 0. The summed E-state index contributed by atoms with van der Waals surface area (Å²) in [7, 11) is 0. The van der Waals surface area contributed by atoms with Crippen molar-refractivity contribution in [3.63, 3.8) is 0 Å². The summed E-state index contributed by atoms with van der Waals surface area (Å²) in [6, 6.07) is 7.61. The minimum Gasteiger partial charge on any atom is -0.477 e. The molecule has 1 aromatic carbocycles. The third-order valence-electron chi connectivity index (χ3n) is 4.18. The number of fused-ring (bicyclic) bond motifs is 1. The molecule has 3 rings (SSSR count). The maximum atomic E-state index is 11.4. The zero-order valence-electron chi connectivity index (χ0n) is 12.4. The van der Waals surface area contributed by atoms with Crippen LogP contribution in [-0.2, 0) is 6.42 Å². The van der Waals surface area contributed by atoms with Crippen molar-refractivity contribution in [2.24, 2.45) is 5.92 Å². The maximum Gasteiger partial charge on any atom is 0.341 e. The molecule has 1 aliphatic rings. The van der Waals surface area contributed by atoms with Crippen molar-refractivity contribution in [1.29, 1.82) is 0 Å². The first kappa shape index (κ1) is 15.7. The van der Waals surface area contributed by atoms with Crippen LogP contribution >= 0.6 is 11.6 Å². The normalized spacial score (nSPS) is 20.8. The molecule has 0 fully saturated rings. The van der Waals surface area contributed by atoms with Gasteiger partial charge >= 0.3 is 5.97 Å². The van der Waals surface area contributed by atoms with Crippen molar-refractivity contribution in [1.82, 2.24) is 9.97 Å². The lowest BCUT2D eigenvalue weighted by Crippen LogP contribution is -2.27. The largest absolute Gasteiger partial charge is 0.477 e. The minimum atomic E-state index is -1.14. The number of carboxylic acids is 1. The Morgan fingerprint density at radius 3 is 2.87 bits per heavy atom. The van der Waals surface area contributed by atoms with Gasteiger partial charge in [0.15, 0.2) is 0 Å². The maximum absolute atomic E-state index is 11.4. The zero-order valence-corrected chi connectivity index (χ0v) is 13.2. The molecule has 1 aliphatic carbocycles. The zero-order chi connectivity index (χ0) is 16.6. The number of aliphatic hydroxyl groups excluding tert-OH is 1. The van der Waals surface area contributed by atoms with Crippen LogP contribution in [0, 0.1) is 5.92 Å². The van der Waals surface area contributed by atoms with Gasteiger partial charge in [-0.15, -0.1) is 0 Å². The van der Waals surface area contributed by atoms with Crippen LogP contribution in [0.5, 0.6) is 0 Å². The number of rotatable bonds is 4. The van der Waals surface area contributed by atoms with Crippen LogP contribution in [0.2, 0.25) is 5.28 Å². The van der Waals surface area contributed by atoms with Crippen molar-refractivity contribution >= 4 is 23.4 Å². The van der Waals surface area contributed by atoms with E-state index in [9.17, 15) is 15.0 Å². The van der Waals surface area contributed by atoms with Gasteiger partial charge in [0.25, 0.3) is 0 Å². The van der Waals surface area contributed by atoms with Crippen LogP contribution in [0.15, 0.2) is 30.5 Å². The molecule has 3 atom stereocenters. The van der Waals surface area contributed by atoms with Crippen LogP contribution in [-0.4, -0.2) is 32.3 Å². The van der Waals surface area contributed by atoms with Gasteiger partial charge < -0.3 is 15.5 Å². The van der Waals surface area contributed by atoms with Gasteiger partial charge in [-0.05, 0) is 36.1 Å². The van der Waals surface area contributed by atoms with E-state index in [4.69, 9.17) is 11.6 Å². The number of carboxylic acid groups (broad SMARTS) is 1. The Bertz CT molecular complexity index is 751. The molecule has 0 saturated carbocycles. The molecule has 7 heteroatoms. The molecule has 2 aromatic rings. The highest BCUT2D eigenvalue weighted by Gasteiger charge is 2.36. The second-order valence-corrected chi connectivity index (χ2v) is 5.97. The van der Waals surface area contributed by atoms with E-state index in [0.717, 1.165) is 11.1 Å². The van der Waals surface area contributed by atoms with E-state index in [1.807, 2.05) is 24.3 Å². The minimum absolute atomic E-state index is 0.0302. The van der Waals surface area contributed by atoms with Gasteiger partial charge in [0.2, 0.25) is 5.28 Å². The fourth-order valence-electron chi connectivity index (χ4n) is 3.03. The van der Waals surface area contributed by atoms with Crippen molar-refractivity contribution < 1.29 is 15.0 Å². The van der Waals surface area contributed by atoms with Crippen LogP contribution in [0.3, 0.4) is 0 Å². The number of hydrogen-bond acceptors (Lipinski definition) is 5. The lowest BCUT2D eigenvalue weighted by Gasteiger charge is -2.25. The van der Waals surface area contributed by atoms with Crippen molar-refractivity contribution in [3.05, 3.63) is 52.4 Å². The van der Waals surface area contributed by atoms with Gasteiger partial charge in [-0.2, -0.15) is 4.98 Å². The summed E-state index contributed by atoms with van der Waals surface area (Å²) in [6.07, 6.45) is 1.34. The number of hydrogen-bond donors (Lipinski definition) is 3. The molecule has 6 nitrogen and oxygen atoms in total. The van der Waals surface area contributed by atoms with Gasteiger partial charge in [-0.1, -0.05) is 24.3 Å². The molecule has 0 aliphatic heterocycles. The fraction of sp³-hybridized carbons (Fsp3) is 0.312. The number of halogens is 1. The standard InChI is InChI=1S/C16H16ClN3O3/c1-8(21)11-6-9-4-2-3-5-10(9)13(11)19-14-12(15(22)23)7-18-16(17)20-14/h2-5,7-8,11,13,21H,6H2,1H3,(H,22,23)(H,18,19,20)/t8-,11?,13+/m1/s1. The summed E-state index contributed by atoms with van der Waals surface area (Å²) in [5.41, 5.74) is 2.11. The molecule has 1 heterocycles. The number of carbonyl (C=O) groups is 1. The molecule has 0 spiro atoms. The monoisotopic (exact) mass is 333 g/mol. The number of anilines is 1. The molecule has 0 radical (unpaired) electrons. The van der Waals surface area contributed by atoms with E-state index in [2.05, 4.69) is 15.3 Å². The Balaban J connectivity index is 2.01. The summed E-state index contributed by atoms with van der Waals surface area (Å²) in [5, 5.41) is 22.5. The lowest BCUT2D eigenvalue weighted by atomic mass is 9.95. The molecule has 0 amide bonds. The highest BCUT2D eigenvalue weighted by molar-refractivity contribution is 6.28. The number of benzene rings is 1. The fourth-order valence-corrected chi connectivity index (χ4v) is 3.17. The summed E-state index contributed by atoms with van der Waals surface area (Å²) in [6.45, 7) is 1.73. The number of nitrogens with zero attached hydrogens (tertiary/aromatic N) is 2. The van der Waals surface area contributed by atoms with Crippen LogP contribution in [0.4, 0.5) is 5.82 Å². The number of aromatic carboxylic acids is 1. The molecule has 120 valence electrons. The van der Waals surface area contributed by atoms with Crippen molar-refractivity contribution in [3.8, 4) is 0 Å². The average molecular weight is 334 g/mol. The molecule has 23 heavy (non-hydrogen) atoms. The van der Waals surface area contributed by atoms with E-state index < -0.39 is 12.1 Å². The highest BCUT2D eigenvalue weighted by atomic mass is 35.5. The topological polar surface area (TPSA) is 95.3 Å². The lowest BCUT2D eigenvalue weighted by molar-refractivity contribution is 0.0697. The van der Waals surface area contributed by atoms with Crippen LogP contribution in [0.25, 0.3) is 0 Å². The predicted octanol–water partition coefficient (Wildman–Crippen LogP) is 2.53. The quantitative estimate of drug-likeness (QED) is 0.744. The van der Waals surface area contributed by atoms with E-state index in [-0.39, 0.29) is 28.6 Å². The van der Waals surface area contributed by atoms with E-state index in [0.29, 0.717) is 6.42 Å². The summed E-state index contributed by atoms with van der Waals surface area (Å²) >= 11 is 5.80. The Hall–Kier alpha value is -2.18. The smallest absolute Gasteiger partial charge is 0.341 e. The number of nitrogens with one attached hydrogen (secondary N) is 1. The van der Waals surface area contributed by atoms with E-state index >= 15 is 0 Å². The Morgan fingerprint density at radius 2 is 2.17 bits per heavy atom. The van der Waals surface area contributed by atoms with E-state index in [1.54, 1.807) is 6.92 Å². The molecule has 3 N–H and O–H groups in total. The molecular weight excluding hydrogens is 318 g/mol. The van der Waals surface area contributed by atoms with E-state index in [1.165, 1.54) is 6.20 Å². The van der Waals surface area contributed by atoms with Crippen LogP contribution in [0.1, 0.15) is 34.5 Å². The van der Waals surface area contributed by atoms with Gasteiger partial charge in [0, 0.05) is 12.1 Å². The predicted molar refractivity (Wildman–Crippen MR) is 85.7 cm³/mol. The Morgan fingerprint density at radius 1 is 1.43 bits per heavy atom. The average Bonchev–Trinajstić information content (AvgIpc) is 2.86. The van der Waals surface area contributed by atoms with Gasteiger partial charge in [0.05, 0.1) is 12.1 Å². The van der Waals surface area contributed by atoms with Crippen LogP contribution < -0.4 is 5.32 Å². The highest BCUT2D eigenvalue weighted by Crippen LogP contribution is 2.40. The first-order chi connectivity index (χ1) is 11.0. The van der Waals surface area contributed by atoms with Crippen molar-refractivity contribution in [2.45, 2.75) is 25.5 Å². The van der Waals surface area contributed by atoms with Gasteiger partial charge in [-0.3, -0.25) is 0 Å². The Kier molecular flexibility index (Phi) is 4.19. The Labute approximate surface area is 138 Å². The number of aromatic nitrogens is 2. The molecular formula is C16H16ClN3O3. The molecule has 0 saturated heterocycles. The van der Waals surface area contributed by atoms with Crippen molar-refractivity contribution in [2.75, 3.05) is 5.32 Å². The summed E-state index contributed by atoms with van der Waals surface area (Å²) in [4.78, 5) is 19.1. The molecule has 1 aromatic heterocycles. The summed E-state index contributed by atoms with van der Waals surface area (Å²) in [5.74, 6) is -1.06. The third kappa shape index (κ3) is 3.00. The molecule has 1 unspecified atom stereocenters. The first-order valence-electron chi connectivity index (χ1n) is 7.25. The molecule has 0 bridgehead atoms. The third-order valence-corrected chi connectivity index (χ3v) is 4.36. The SMILES string of the molecule is C[C@@H](O)C1Cc2ccccc2[C@@H]1Nc1nc(Cl)ncc1C(=O)O. The first-order valence-corrected chi connectivity index (χ1v) is 7.63.